The van der Waals surface area contributed by atoms with Gasteiger partial charge in [-0.3, -0.25) is 4.68 Å². The maximum Gasteiger partial charge on any atom is 0.573 e. The van der Waals surface area contributed by atoms with Crippen LogP contribution in [-0.4, -0.2) is 35.2 Å². The molecular formula is C18H24F3N5O. The first-order valence-corrected chi connectivity index (χ1v) is 8.70. The molecule has 0 aliphatic rings. The molecule has 148 valence electrons. The summed E-state index contributed by atoms with van der Waals surface area (Å²) < 4.78 is 43.5. The van der Waals surface area contributed by atoms with Crippen LogP contribution in [0.25, 0.3) is 0 Å². The first-order valence-electron chi connectivity index (χ1n) is 8.70. The zero-order chi connectivity index (χ0) is 19.7. The summed E-state index contributed by atoms with van der Waals surface area (Å²) >= 11 is 0. The monoisotopic (exact) mass is 383 g/mol. The van der Waals surface area contributed by atoms with Crippen molar-refractivity contribution in [2.45, 2.75) is 33.3 Å². The lowest BCUT2D eigenvalue weighted by atomic mass is 10.2. The Kier molecular flexibility index (Phi) is 7.51. The summed E-state index contributed by atoms with van der Waals surface area (Å²) in [5.74, 6) is 0.581. The van der Waals surface area contributed by atoms with Crippen LogP contribution in [0.15, 0.2) is 47.7 Å². The van der Waals surface area contributed by atoms with Crippen molar-refractivity contribution in [1.29, 1.82) is 0 Å². The van der Waals surface area contributed by atoms with Crippen LogP contribution in [-0.2, 0) is 13.1 Å². The lowest BCUT2D eigenvalue weighted by molar-refractivity contribution is -0.274. The number of alkyl halides is 3. The normalized spacial score (nSPS) is 13.3. The van der Waals surface area contributed by atoms with Gasteiger partial charge in [0.15, 0.2) is 5.96 Å². The van der Waals surface area contributed by atoms with E-state index in [0.717, 1.165) is 6.54 Å². The molecule has 0 fully saturated rings. The highest BCUT2D eigenvalue weighted by molar-refractivity contribution is 5.79. The van der Waals surface area contributed by atoms with Gasteiger partial charge in [0.2, 0.25) is 0 Å². The predicted molar refractivity (Wildman–Crippen MR) is 97.3 cm³/mol. The van der Waals surface area contributed by atoms with E-state index in [0.29, 0.717) is 24.6 Å². The van der Waals surface area contributed by atoms with Crippen molar-refractivity contribution >= 4 is 5.96 Å². The molecule has 0 saturated heterocycles. The number of halogens is 3. The van der Waals surface area contributed by atoms with Gasteiger partial charge >= 0.3 is 6.36 Å². The molecule has 0 aliphatic heterocycles. The molecule has 2 aromatic rings. The minimum atomic E-state index is -4.73. The van der Waals surface area contributed by atoms with Crippen molar-refractivity contribution in [2.75, 3.05) is 13.1 Å². The molecule has 9 heteroatoms. The van der Waals surface area contributed by atoms with Crippen LogP contribution in [0.2, 0.25) is 0 Å². The number of aromatic nitrogens is 2. The van der Waals surface area contributed by atoms with Crippen molar-refractivity contribution in [3.63, 3.8) is 0 Å². The summed E-state index contributed by atoms with van der Waals surface area (Å²) in [5.41, 5.74) is 0.358. The number of hydrogen-bond acceptors (Lipinski definition) is 3. The summed E-state index contributed by atoms with van der Waals surface area (Å²) in [4.78, 5) is 4.37. The van der Waals surface area contributed by atoms with E-state index in [1.54, 1.807) is 18.3 Å². The molecule has 0 radical (unpaired) electrons. The van der Waals surface area contributed by atoms with Crippen molar-refractivity contribution in [2.24, 2.45) is 10.9 Å². The summed E-state index contributed by atoms with van der Waals surface area (Å²) in [6.07, 6.45) is -1.11. The molecular weight excluding hydrogens is 359 g/mol. The largest absolute Gasteiger partial charge is 0.573 e. The van der Waals surface area contributed by atoms with E-state index in [2.05, 4.69) is 32.4 Å². The molecule has 0 saturated carbocycles. The van der Waals surface area contributed by atoms with E-state index in [9.17, 15) is 13.2 Å². The minimum absolute atomic E-state index is 0.0646. The molecule has 0 aliphatic carbocycles. The Morgan fingerprint density at radius 2 is 2.04 bits per heavy atom. The number of rotatable bonds is 8. The number of aliphatic imine (C=N–C) groups is 1. The van der Waals surface area contributed by atoms with Gasteiger partial charge in [-0.1, -0.05) is 25.1 Å². The molecule has 1 aromatic heterocycles. The summed E-state index contributed by atoms with van der Waals surface area (Å²) in [6, 6.07) is 7.86. The van der Waals surface area contributed by atoms with Crippen LogP contribution in [0.5, 0.6) is 5.75 Å². The molecule has 1 unspecified atom stereocenters. The average molecular weight is 383 g/mol. The van der Waals surface area contributed by atoms with Gasteiger partial charge in [-0.2, -0.15) is 5.10 Å². The van der Waals surface area contributed by atoms with Gasteiger partial charge in [0.05, 0.1) is 6.54 Å². The Hall–Kier alpha value is -2.71. The third kappa shape index (κ3) is 7.59. The van der Waals surface area contributed by atoms with E-state index < -0.39 is 6.36 Å². The number of benzene rings is 1. The Labute approximate surface area is 156 Å². The predicted octanol–water partition coefficient (Wildman–Crippen LogP) is 3.17. The number of nitrogens with zero attached hydrogens (tertiary/aromatic N) is 3. The van der Waals surface area contributed by atoms with Crippen LogP contribution in [0.1, 0.15) is 19.4 Å². The number of nitrogens with one attached hydrogen (secondary N) is 2. The SMILES string of the molecule is CCNC(=NCc1ccccc1OC(F)(F)F)NCC(C)Cn1cccn1. The van der Waals surface area contributed by atoms with E-state index in [-0.39, 0.29) is 18.2 Å². The fourth-order valence-electron chi connectivity index (χ4n) is 2.43. The molecule has 0 amide bonds. The fourth-order valence-corrected chi connectivity index (χ4v) is 2.43. The summed E-state index contributed by atoms with van der Waals surface area (Å²) in [7, 11) is 0. The Morgan fingerprint density at radius 3 is 2.70 bits per heavy atom. The molecule has 0 spiro atoms. The van der Waals surface area contributed by atoms with Gasteiger partial charge < -0.3 is 15.4 Å². The first kappa shape index (κ1) is 20.6. The number of guanidine groups is 1. The number of para-hydroxylation sites is 1. The van der Waals surface area contributed by atoms with E-state index in [1.807, 2.05) is 23.9 Å². The first-order chi connectivity index (χ1) is 12.9. The lowest BCUT2D eigenvalue weighted by Crippen LogP contribution is -2.40. The number of ether oxygens (including phenoxy) is 1. The molecule has 1 atom stereocenters. The molecule has 1 aromatic carbocycles. The van der Waals surface area contributed by atoms with Crippen LogP contribution in [0.3, 0.4) is 0 Å². The molecule has 2 rings (SSSR count). The van der Waals surface area contributed by atoms with Gasteiger partial charge in [-0.05, 0) is 25.0 Å². The maximum absolute atomic E-state index is 12.5. The van der Waals surface area contributed by atoms with Gasteiger partial charge in [0.25, 0.3) is 0 Å². The molecule has 2 N–H and O–H groups in total. The Balaban J connectivity index is 1.96. The Morgan fingerprint density at radius 1 is 1.26 bits per heavy atom. The summed E-state index contributed by atoms with van der Waals surface area (Å²) in [5, 5.41) is 10.5. The van der Waals surface area contributed by atoms with Gasteiger partial charge in [0.1, 0.15) is 5.75 Å². The van der Waals surface area contributed by atoms with Crippen LogP contribution >= 0.6 is 0 Å². The van der Waals surface area contributed by atoms with Gasteiger partial charge in [0, 0.05) is 37.6 Å². The molecule has 1 heterocycles. The van der Waals surface area contributed by atoms with E-state index in [1.165, 1.54) is 12.1 Å². The highest BCUT2D eigenvalue weighted by Gasteiger charge is 2.31. The van der Waals surface area contributed by atoms with Crippen LogP contribution in [0, 0.1) is 5.92 Å². The highest BCUT2D eigenvalue weighted by atomic mass is 19.4. The van der Waals surface area contributed by atoms with Crippen LogP contribution < -0.4 is 15.4 Å². The second-order valence-electron chi connectivity index (χ2n) is 6.06. The molecule has 27 heavy (non-hydrogen) atoms. The standard InChI is InChI=1S/C18H24F3N5O/c1-3-22-17(23-11-14(2)13-26-10-6-9-25-26)24-12-15-7-4-5-8-16(15)27-18(19,20)21/h4-10,14H,3,11-13H2,1-2H3,(H2,22,23,24). The summed E-state index contributed by atoms with van der Waals surface area (Å²) in [6.45, 7) is 6.10. The molecule has 0 bridgehead atoms. The van der Waals surface area contributed by atoms with Crippen molar-refractivity contribution in [3.05, 3.63) is 48.3 Å². The maximum atomic E-state index is 12.5. The third-order valence-corrected chi connectivity index (χ3v) is 3.63. The van der Waals surface area contributed by atoms with Crippen LogP contribution in [0.4, 0.5) is 13.2 Å². The van der Waals surface area contributed by atoms with E-state index in [4.69, 9.17) is 0 Å². The lowest BCUT2D eigenvalue weighted by Gasteiger charge is -2.16. The zero-order valence-corrected chi connectivity index (χ0v) is 15.3. The smallest absolute Gasteiger partial charge is 0.405 e. The highest BCUT2D eigenvalue weighted by Crippen LogP contribution is 2.26. The van der Waals surface area contributed by atoms with E-state index >= 15 is 0 Å². The number of hydrogen-bond donors (Lipinski definition) is 2. The molecule has 6 nitrogen and oxygen atoms in total. The topological polar surface area (TPSA) is 63.5 Å². The van der Waals surface area contributed by atoms with Gasteiger partial charge in [-0.15, -0.1) is 13.2 Å². The second kappa shape index (κ2) is 9.84. The Bertz CT molecular complexity index is 716. The van der Waals surface area contributed by atoms with Crippen molar-refractivity contribution < 1.29 is 17.9 Å². The van der Waals surface area contributed by atoms with Gasteiger partial charge in [-0.25, -0.2) is 4.99 Å². The minimum Gasteiger partial charge on any atom is -0.405 e. The fraction of sp³-hybridized carbons (Fsp3) is 0.444. The van der Waals surface area contributed by atoms with Crippen molar-refractivity contribution in [3.8, 4) is 5.75 Å². The quantitative estimate of drug-likeness (QED) is 0.543. The average Bonchev–Trinajstić information content (AvgIpc) is 3.10. The van der Waals surface area contributed by atoms with Crippen molar-refractivity contribution in [1.82, 2.24) is 20.4 Å². The second-order valence-corrected chi connectivity index (χ2v) is 6.06. The zero-order valence-electron chi connectivity index (χ0n) is 15.3. The third-order valence-electron chi connectivity index (χ3n) is 3.63.